The van der Waals surface area contributed by atoms with Crippen molar-refractivity contribution in [1.82, 2.24) is 20.7 Å². The number of anilines is 1. The molecule has 13 nitrogen and oxygen atoms in total. The van der Waals surface area contributed by atoms with Crippen LogP contribution in [-0.4, -0.2) is 74.9 Å². The van der Waals surface area contributed by atoms with Crippen molar-refractivity contribution >= 4 is 39.5 Å². The Morgan fingerprint density at radius 2 is 1.53 bits per heavy atom. The van der Waals surface area contributed by atoms with Gasteiger partial charge in [-0.3, -0.25) is 19.1 Å². The predicted octanol–water partition coefficient (Wildman–Crippen LogP) is 4.01. The van der Waals surface area contributed by atoms with Gasteiger partial charge in [0.05, 0.1) is 12.4 Å². The van der Waals surface area contributed by atoms with Crippen LogP contribution < -0.4 is 30.7 Å². The summed E-state index contributed by atoms with van der Waals surface area (Å²) >= 11 is 0. The Labute approximate surface area is 299 Å². The average Bonchev–Trinajstić information content (AvgIpc) is 4.02. The van der Waals surface area contributed by atoms with Crippen molar-refractivity contribution in [2.45, 2.75) is 94.7 Å². The number of sulfonamides is 1. The monoisotopic (exact) mass is 723 g/mol. The van der Waals surface area contributed by atoms with Crippen molar-refractivity contribution in [3.8, 4) is 16.9 Å². The van der Waals surface area contributed by atoms with E-state index in [0.29, 0.717) is 18.5 Å². The molecule has 276 valence electrons. The fourth-order valence-corrected chi connectivity index (χ4v) is 7.62. The maximum Gasteiger partial charge on any atom is 0.408 e. The zero-order valence-corrected chi connectivity index (χ0v) is 30.4. The molecule has 4 atom stereocenters. The van der Waals surface area contributed by atoms with Gasteiger partial charge in [-0.1, -0.05) is 51.1 Å². The number of ether oxygens (including phenoxy) is 2. The Balaban J connectivity index is 1.33. The third-order valence-electron chi connectivity index (χ3n) is 9.67. The van der Waals surface area contributed by atoms with Crippen molar-refractivity contribution in [3.05, 3.63) is 61.2 Å². The number of carbonyl (C=O) groups is 4. The predicted molar refractivity (Wildman–Crippen MR) is 193 cm³/mol. The first-order valence-electron chi connectivity index (χ1n) is 17.4. The van der Waals surface area contributed by atoms with Crippen LogP contribution in [-0.2, 0) is 29.1 Å². The van der Waals surface area contributed by atoms with Gasteiger partial charge in [0, 0.05) is 18.2 Å². The molecule has 5 rings (SSSR count). The molecule has 3 saturated carbocycles. The first-order valence-corrected chi connectivity index (χ1v) is 19.0. The van der Waals surface area contributed by atoms with Crippen LogP contribution in [0.5, 0.6) is 5.75 Å². The topological polar surface area (TPSA) is 181 Å². The molecule has 0 aromatic heterocycles. The van der Waals surface area contributed by atoms with Gasteiger partial charge in [-0.15, -0.1) is 6.58 Å². The Hall–Kier alpha value is -4.59. The van der Waals surface area contributed by atoms with Gasteiger partial charge >= 0.3 is 6.09 Å². The number of methoxy groups -OCH3 is 1. The molecule has 3 fully saturated rings. The molecule has 0 saturated heterocycles. The number of hydrogen-bond acceptors (Lipinski definition) is 9. The molecule has 0 aliphatic heterocycles. The van der Waals surface area contributed by atoms with E-state index in [-0.39, 0.29) is 19.1 Å². The van der Waals surface area contributed by atoms with Gasteiger partial charge in [0.2, 0.25) is 21.8 Å². The van der Waals surface area contributed by atoms with E-state index in [9.17, 15) is 27.6 Å². The first-order chi connectivity index (χ1) is 24.1. The van der Waals surface area contributed by atoms with E-state index in [1.165, 1.54) is 6.08 Å². The molecule has 3 aliphatic rings. The second kappa shape index (κ2) is 15.3. The molecule has 2 aromatic carbocycles. The second-order valence-corrected chi connectivity index (χ2v) is 16.6. The van der Waals surface area contributed by atoms with Crippen LogP contribution >= 0.6 is 0 Å². The van der Waals surface area contributed by atoms with Gasteiger partial charge in [0.25, 0.3) is 5.91 Å². The highest BCUT2D eigenvalue weighted by Gasteiger charge is 2.61. The molecule has 0 radical (unpaired) electrons. The number of rotatable bonds is 15. The van der Waals surface area contributed by atoms with Gasteiger partial charge in [-0.2, -0.15) is 0 Å². The largest absolute Gasteiger partial charge is 0.497 e. The summed E-state index contributed by atoms with van der Waals surface area (Å²) in [6, 6.07) is 12.8. The Kier molecular flexibility index (Phi) is 11.3. The number of benzene rings is 2. The maximum atomic E-state index is 14.0. The van der Waals surface area contributed by atoms with Crippen LogP contribution in [0.1, 0.15) is 65.7 Å². The van der Waals surface area contributed by atoms with Crippen LogP contribution in [0.15, 0.2) is 61.2 Å². The number of hydrogen-bond donors (Lipinski definition) is 5. The van der Waals surface area contributed by atoms with Crippen LogP contribution in [0.2, 0.25) is 0 Å². The van der Waals surface area contributed by atoms with Crippen molar-refractivity contribution in [2.75, 3.05) is 19.0 Å². The van der Waals surface area contributed by atoms with Gasteiger partial charge in [-0.05, 0) is 85.8 Å². The molecule has 14 heteroatoms. The van der Waals surface area contributed by atoms with E-state index in [1.807, 2.05) is 48.5 Å². The van der Waals surface area contributed by atoms with Crippen molar-refractivity contribution in [2.24, 2.45) is 11.3 Å². The number of alkyl carbamates (subject to hydrolysis) is 1. The molecular weight excluding hydrogens is 675 g/mol. The second-order valence-electron chi connectivity index (χ2n) is 14.7. The maximum absolute atomic E-state index is 14.0. The van der Waals surface area contributed by atoms with Crippen molar-refractivity contribution in [1.29, 1.82) is 0 Å². The van der Waals surface area contributed by atoms with Crippen LogP contribution in [0.25, 0.3) is 11.1 Å². The van der Waals surface area contributed by atoms with Crippen molar-refractivity contribution in [3.63, 3.8) is 0 Å². The minimum Gasteiger partial charge on any atom is -0.497 e. The molecule has 51 heavy (non-hydrogen) atoms. The zero-order chi connectivity index (χ0) is 37.0. The summed E-state index contributed by atoms with van der Waals surface area (Å²) in [4.78, 5) is 54.1. The minimum absolute atomic E-state index is 0.0976. The highest BCUT2D eigenvalue weighted by atomic mass is 32.2. The normalized spacial score (nSPS) is 21.4. The smallest absolute Gasteiger partial charge is 0.408 e. The highest BCUT2D eigenvalue weighted by molar-refractivity contribution is 7.91. The summed E-state index contributed by atoms with van der Waals surface area (Å²) in [7, 11) is -2.28. The van der Waals surface area contributed by atoms with Crippen molar-refractivity contribution < 1.29 is 37.1 Å². The van der Waals surface area contributed by atoms with Crippen LogP contribution in [0, 0.1) is 11.3 Å². The lowest BCUT2D eigenvalue weighted by Gasteiger charge is -2.32. The van der Waals surface area contributed by atoms with E-state index in [4.69, 9.17) is 9.47 Å². The molecule has 3 aliphatic carbocycles. The van der Waals surface area contributed by atoms with E-state index in [1.54, 1.807) is 27.9 Å². The molecule has 0 spiro atoms. The molecule has 5 N–H and O–H groups in total. The fourth-order valence-electron chi connectivity index (χ4n) is 6.26. The Morgan fingerprint density at radius 3 is 2.06 bits per heavy atom. The zero-order valence-electron chi connectivity index (χ0n) is 29.6. The third kappa shape index (κ3) is 9.40. The standard InChI is InChI=1S/C37H49N5O8S/c1-6-25-21-37(25,34(45)42-51(47,48)29-19-20-29)41-32(43)30(22-38-26-15-11-23(12-16-26)24-13-17-27(49-5)18-14-24)39-33(44)31(36(2,3)4)40-35(46)50-28-9-7-8-10-28/h6,11-18,25,28-31,38H,1,7-10,19-22H2,2-5H3,(H,39,44)(H,40,46)(H,41,43)(H,42,45)/t25-,30+,31-,37-/m1/s1. The van der Waals surface area contributed by atoms with Crippen LogP contribution in [0.4, 0.5) is 10.5 Å². The van der Waals surface area contributed by atoms with E-state index in [0.717, 1.165) is 42.6 Å². The molecule has 0 heterocycles. The Bertz CT molecular complexity index is 1710. The van der Waals surface area contributed by atoms with Gasteiger partial charge in [-0.25, -0.2) is 13.2 Å². The summed E-state index contributed by atoms with van der Waals surface area (Å²) in [6.45, 7) is 9.00. The summed E-state index contributed by atoms with van der Waals surface area (Å²) in [5.41, 5.74) is 0.271. The highest BCUT2D eigenvalue weighted by Crippen LogP contribution is 2.45. The minimum atomic E-state index is -3.88. The first kappa shape index (κ1) is 37.7. The van der Waals surface area contributed by atoms with E-state index >= 15 is 0 Å². The number of nitrogens with one attached hydrogen (secondary N) is 5. The number of carbonyl (C=O) groups excluding carboxylic acids is 4. The number of amides is 4. The molecule has 0 bridgehead atoms. The summed E-state index contributed by atoms with van der Waals surface area (Å²) in [6.07, 6.45) is 5.10. The van der Waals surface area contributed by atoms with Gasteiger partial charge in [0.15, 0.2) is 0 Å². The average molecular weight is 724 g/mol. The van der Waals surface area contributed by atoms with E-state index in [2.05, 4.69) is 32.6 Å². The van der Waals surface area contributed by atoms with Gasteiger partial charge in [0.1, 0.15) is 29.5 Å². The fraction of sp³-hybridized carbons (Fsp3) is 0.514. The molecule has 0 unspecified atom stereocenters. The summed E-state index contributed by atoms with van der Waals surface area (Å²) in [5.74, 6) is -1.96. The SMILES string of the molecule is C=C[C@@H]1C[C@]1(NC(=O)[C@H](CNc1ccc(-c2ccc(OC)cc2)cc1)NC(=O)[C@@H](NC(=O)OC1CCCC1)C(C)(C)C)C(=O)NS(=O)(=O)C1CC1. The lowest BCUT2D eigenvalue weighted by molar-refractivity contribution is -0.133. The lowest BCUT2D eigenvalue weighted by atomic mass is 9.86. The Morgan fingerprint density at radius 1 is 0.922 bits per heavy atom. The van der Waals surface area contributed by atoms with Crippen LogP contribution in [0.3, 0.4) is 0 Å². The molecule has 2 aromatic rings. The quantitative estimate of drug-likeness (QED) is 0.170. The van der Waals surface area contributed by atoms with E-state index < -0.39 is 68.0 Å². The molecular formula is C37H49N5O8S. The summed E-state index contributed by atoms with van der Waals surface area (Å²) in [5, 5.41) is 10.8. The summed E-state index contributed by atoms with van der Waals surface area (Å²) < 4.78 is 38.2. The molecule has 4 amide bonds. The van der Waals surface area contributed by atoms with Gasteiger partial charge < -0.3 is 30.7 Å². The lowest BCUT2D eigenvalue weighted by Crippen LogP contribution is -2.62. The third-order valence-corrected chi connectivity index (χ3v) is 11.5.